The van der Waals surface area contributed by atoms with Crippen molar-refractivity contribution in [2.75, 3.05) is 17.2 Å². The average Bonchev–Trinajstić information content (AvgIpc) is 2.25. The summed E-state index contributed by atoms with van der Waals surface area (Å²) in [4.78, 5) is 0. The third-order valence-corrected chi connectivity index (χ3v) is 2.53. The summed E-state index contributed by atoms with van der Waals surface area (Å²) >= 11 is 3.44. The van der Waals surface area contributed by atoms with Crippen LogP contribution in [-0.4, -0.2) is 6.54 Å². The van der Waals surface area contributed by atoms with Gasteiger partial charge >= 0.3 is 0 Å². The SMILES string of the molecule is C=C1CCNc2cc(Br)ccc2N1. The number of benzene rings is 1. The maximum atomic E-state index is 3.93. The van der Waals surface area contributed by atoms with Crippen molar-refractivity contribution in [3.05, 3.63) is 34.9 Å². The molecule has 1 aliphatic rings. The largest absolute Gasteiger partial charge is 0.383 e. The van der Waals surface area contributed by atoms with Crippen LogP contribution in [0.25, 0.3) is 0 Å². The number of anilines is 2. The molecule has 68 valence electrons. The lowest BCUT2D eigenvalue weighted by molar-refractivity contribution is 1.03. The van der Waals surface area contributed by atoms with E-state index in [4.69, 9.17) is 0 Å². The van der Waals surface area contributed by atoms with Crippen molar-refractivity contribution in [3.63, 3.8) is 0 Å². The highest BCUT2D eigenvalue weighted by Crippen LogP contribution is 2.29. The molecule has 0 aliphatic carbocycles. The molecule has 1 aromatic carbocycles. The van der Waals surface area contributed by atoms with Crippen LogP contribution in [0, 0.1) is 0 Å². The van der Waals surface area contributed by atoms with Gasteiger partial charge in [0.05, 0.1) is 11.4 Å². The van der Waals surface area contributed by atoms with Crippen molar-refractivity contribution in [2.45, 2.75) is 6.42 Å². The van der Waals surface area contributed by atoms with E-state index in [1.807, 2.05) is 12.1 Å². The molecule has 0 spiro atoms. The molecular weight excluding hydrogens is 228 g/mol. The molecule has 0 saturated carbocycles. The van der Waals surface area contributed by atoms with Gasteiger partial charge in [0.25, 0.3) is 0 Å². The monoisotopic (exact) mass is 238 g/mol. The maximum Gasteiger partial charge on any atom is 0.0618 e. The Kier molecular flexibility index (Phi) is 2.27. The lowest BCUT2D eigenvalue weighted by atomic mass is 10.2. The Balaban J connectivity index is 2.40. The third kappa shape index (κ3) is 1.86. The van der Waals surface area contributed by atoms with Crippen LogP contribution in [0.4, 0.5) is 11.4 Å². The van der Waals surface area contributed by atoms with Crippen LogP contribution in [0.5, 0.6) is 0 Å². The molecule has 0 amide bonds. The molecule has 0 aromatic heterocycles. The fourth-order valence-corrected chi connectivity index (χ4v) is 1.73. The molecule has 0 fully saturated rings. The van der Waals surface area contributed by atoms with Crippen molar-refractivity contribution in [1.29, 1.82) is 0 Å². The van der Waals surface area contributed by atoms with Gasteiger partial charge in [0.2, 0.25) is 0 Å². The summed E-state index contributed by atoms with van der Waals surface area (Å²) in [6.07, 6.45) is 0.965. The summed E-state index contributed by atoms with van der Waals surface area (Å²) in [7, 11) is 0. The molecule has 2 nitrogen and oxygen atoms in total. The van der Waals surface area contributed by atoms with E-state index in [1.165, 1.54) is 0 Å². The summed E-state index contributed by atoms with van der Waals surface area (Å²) < 4.78 is 1.09. The van der Waals surface area contributed by atoms with E-state index in [0.29, 0.717) is 0 Å². The first-order valence-electron chi connectivity index (χ1n) is 4.24. The minimum Gasteiger partial charge on any atom is -0.383 e. The third-order valence-electron chi connectivity index (χ3n) is 2.04. The molecule has 0 bridgehead atoms. The zero-order chi connectivity index (χ0) is 9.26. The van der Waals surface area contributed by atoms with Gasteiger partial charge < -0.3 is 10.6 Å². The van der Waals surface area contributed by atoms with Gasteiger partial charge in [0, 0.05) is 23.1 Å². The smallest absolute Gasteiger partial charge is 0.0618 e. The van der Waals surface area contributed by atoms with Gasteiger partial charge in [0.15, 0.2) is 0 Å². The van der Waals surface area contributed by atoms with Crippen molar-refractivity contribution >= 4 is 27.3 Å². The first kappa shape index (κ1) is 8.63. The Labute approximate surface area is 86.2 Å². The summed E-state index contributed by atoms with van der Waals surface area (Å²) in [6, 6.07) is 6.13. The van der Waals surface area contributed by atoms with Gasteiger partial charge in [-0.2, -0.15) is 0 Å². The highest BCUT2D eigenvalue weighted by molar-refractivity contribution is 9.10. The molecule has 2 N–H and O–H groups in total. The van der Waals surface area contributed by atoms with Crippen LogP contribution < -0.4 is 10.6 Å². The van der Waals surface area contributed by atoms with Crippen LogP contribution in [-0.2, 0) is 0 Å². The van der Waals surface area contributed by atoms with Crippen LogP contribution >= 0.6 is 15.9 Å². The molecule has 0 unspecified atom stereocenters. The highest BCUT2D eigenvalue weighted by Gasteiger charge is 2.07. The van der Waals surface area contributed by atoms with Crippen LogP contribution in [0.15, 0.2) is 34.9 Å². The predicted octanol–water partition coefficient (Wildman–Crippen LogP) is 3.19. The zero-order valence-corrected chi connectivity index (χ0v) is 8.82. The van der Waals surface area contributed by atoms with Gasteiger partial charge in [-0.05, 0) is 18.2 Å². The van der Waals surface area contributed by atoms with E-state index in [-0.39, 0.29) is 0 Å². The number of hydrogen-bond acceptors (Lipinski definition) is 2. The average molecular weight is 239 g/mol. The van der Waals surface area contributed by atoms with E-state index in [0.717, 1.165) is 34.5 Å². The Bertz CT molecular complexity index is 347. The van der Waals surface area contributed by atoms with Crippen molar-refractivity contribution in [2.24, 2.45) is 0 Å². The van der Waals surface area contributed by atoms with Crippen LogP contribution in [0.1, 0.15) is 6.42 Å². The van der Waals surface area contributed by atoms with Crippen molar-refractivity contribution < 1.29 is 0 Å². The number of rotatable bonds is 0. The predicted molar refractivity (Wildman–Crippen MR) is 60.0 cm³/mol. The highest BCUT2D eigenvalue weighted by atomic mass is 79.9. The number of halogens is 1. The maximum absolute atomic E-state index is 3.93. The molecule has 1 aliphatic heterocycles. The minimum absolute atomic E-state index is 0.940. The summed E-state index contributed by atoms with van der Waals surface area (Å²) in [6.45, 7) is 4.87. The number of fused-ring (bicyclic) bond motifs is 1. The summed E-state index contributed by atoms with van der Waals surface area (Å²) in [5.41, 5.74) is 3.30. The molecule has 13 heavy (non-hydrogen) atoms. The van der Waals surface area contributed by atoms with E-state index in [1.54, 1.807) is 0 Å². The second kappa shape index (κ2) is 3.42. The topological polar surface area (TPSA) is 24.1 Å². The molecule has 1 aromatic rings. The molecule has 0 radical (unpaired) electrons. The van der Waals surface area contributed by atoms with Gasteiger partial charge in [-0.25, -0.2) is 0 Å². The van der Waals surface area contributed by atoms with Gasteiger partial charge in [0.1, 0.15) is 0 Å². The number of hydrogen-bond donors (Lipinski definition) is 2. The van der Waals surface area contributed by atoms with E-state index >= 15 is 0 Å². The lowest BCUT2D eigenvalue weighted by Gasteiger charge is -2.08. The van der Waals surface area contributed by atoms with Gasteiger partial charge in [-0.15, -0.1) is 0 Å². The first-order valence-corrected chi connectivity index (χ1v) is 5.03. The van der Waals surface area contributed by atoms with Crippen molar-refractivity contribution in [1.82, 2.24) is 0 Å². The lowest BCUT2D eigenvalue weighted by Crippen LogP contribution is -1.98. The van der Waals surface area contributed by atoms with Crippen LogP contribution in [0.2, 0.25) is 0 Å². The van der Waals surface area contributed by atoms with Gasteiger partial charge in [-0.3, -0.25) is 0 Å². The standard InChI is InChI=1S/C10H11BrN2/c1-7-4-5-12-10-6-8(11)2-3-9(10)13-7/h2-3,6,12-13H,1,4-5H2. The van der Waals surface area contributed by atoms with Crippen LogP contribution in [0.3, 0.4) is 0 Å². The normalized spacial score (nSPS) is 15.3. The van der Waals surface area contributed by atoms with E-state index < -0.39 is 0 Å². The summed E-state index contributed by atoms with van der Waals surface area (Å²) in [5.74, 6) is 0. The fraction of sp³-hybridized carbons (Fsp3) is 0.200. The molecule has 0 atom stereocenters. The Morgan fingerprint density at radius 2 is 2.15 bits per heavy atom. The Hall–Kier alpha value is -0.960. The second-order valence-electron chi connectivity index (χ2n) is 3.10. The molecular formula is C10H11BrN2. The molecule has 0 saturated heterocycles. The molecule has 2 rings (SSSR count). The quantitative estimate of drug-likeness (QED) is 0.726. The fourth-order valence-electron chi connectivity index (χ4n) is 1.37. The van der Waals surface area contributed by atoms with Gasteiger partial charge in [-0.1, -0.05) is 22.5 Å². The molecule has 1 heterocycles. The number of nitrogens with one attached hydrogen (secondary N) is 2. The minimum atomic E-state index is 0.940. The van der Waals surface area contributed by atoms with E-state index in [2.05, 4.69) is 39.2 Å². The molecule has 3 heteroatoms. The summed E-state index contributed by atoms with van der Waals surface area (Å²) in [5, 5.41) is 6.61. The Morgan fingerprint density at radius 3 is 3.00 bits per heavy atom. The zero-order valence-electron chi connectivity index (χ0n) is 7.23. The van der Waals surface area contributed by atoms with Crippen molar-refractivity contribution in [3.8, 4) is 0 Å². The Morgan fingerprint density at radius 1 is 1.31 bits per heavy atom. The first-order chi connectivity index (χ1) is 6.25. The second-order valence-corrected chi connectivity index (χ2v) is 4.01. The van der Waals surface area contributed by atoms with E-state index in [9.17, 15) is 0 Å².